The Morgan fingerprint density at radius 3 is 2.24 bits per heavy atom. The third kappa shape index (κ3) is 9.74. The van der Waals surface area contributed by atoms with Gasteiger partial charge >= 0.3 is 6.09 Å². The minimum Gasteiger partial charge on any atom is -0.444 e. The number of benzene rings is 1. The van der Waals surface area contributed by atoms with E-state index < -0.39 is 23.8 Å². The minimum atomic E-state index is -0.812. The van der Waals surface area contributed by atoms with Crippen molar-refractivity contribution in [2.24, 2.45) is 5.92 Å². The Morgan fingerprint density at radius 1 is 1.09 bits per heavy atom. The molecule has 0 bridgehead atoms. The predicted octanol–water partition coefficient (Wildman–Crippen LogP) is 5.13. The Hall–Kier alpha value is -2.57. The number of carbonyl (C=O) groups excluding carboxylic acids is 3. The summed E-state index contributed by atoms with van der Waals surface area (Å²) in [5.74, 6) is -0.373. The molecule has 1 aromatic carbocycles. The lowest BCUT2D eigenvalue weighted by Gasteiger charge is -2.37. The van der Waals surface area contributed by atoms with Crippen molar-refractivity contribution >= 4 is 17.9 Å². The number of rotatable bonds is 11. The highest BCUT2D eigenvalue weighted by atomic mass is 16.6. The van der Waals surface area contributed by atoms with Gasteiger partial charge in [0.05, 0.1) is 0 Å². The Morgan fingerprint density at radius 2 is 1.74 bits per heavy atom. The lowest BCUT2D eigenvalue weighted by atomic mass is 9.97. The molecule has 34 heavy (non-hydrogen) atoms. The SMILES string of the molecule is CCCCNC(=O)C(c1cccc(C)c1)N(C(=O)C(CC(C)C)NC(=O)OC(C)(C)C)C(C)C. The zero-order valence-corrected chi connectivity index (χ0v) is 22.5. The van der Waals surface area contributed by atoms with Crippen molar-refractivity contribution in [2.45, 2.75) is 105 Å². The van der Waals surface area contributed by atoms with Gasteiger partial charge in [0.25, 0.3) is 0 Å². The molecular weight excluding hydrogens is 430 g/mol. The maximum Gasteiger partial charge on any atom is 0.408 e. The number of unbranched alkanes of at least 4 members (excludes halogenated alkanes) is 1. The van der Waals surface area contributed by atoms with Crippen LogP contribution >= 0.6 is 0 Å². The first kappa shape index (κ1) is 29.5. The summed E-state index contributed by atoms with van der Waals surface area (Å²) in [6.45, 7) is 17.7. The Bertz CT molecular complexity index is 814. The number of amides is 3. The Kier molecular flexibility index (Phi) is 11.6. The highest BCUT2D eigenvalue weighted by Crippen LogP contribution is 2.27. The number of nitrogens with zero attached hydrogens (tertiary/aromatic N) is 1. The Balaban J connectivity index is 3.40. The lowest BCUT2D eigenvalue weighted by molar-refractivity contribution is -0.144. The zero-order valence-electron chi connectivity index (χ0n) is 22.5. The van der Waals surface area contributed by atoms with E-state index in [4.69, 9.17) is 4.74 Å². The van der Waals surface area contributed by atoms with Crippen LogP contribution in [-0.2, 0) is 14.3 Å². The highest BCUT2D eigenvalue weighted by molar-refractivity contribution is 5.92. The van der Waals surface area contributed by atoms with Gasteiger partial charge in [-0.2, -0.15) is 0 Å². The summed E-state index contributed by atoms with van der Waals surface area (Å²) in [6, 6.07) is 5.77. The van der Waals surface area contributed by atoms with Crippen molar-refractivity contribution in [3.63, 3.8) is 0 Å². The van der Waals surface area contributed by atoms with Crippen LogP contribution in [-0.4, -0.2) is 47.0 Å². The second kappa shape index (κ2) is 13.4. The van der Waals surface area contributed by atoms with Crippen LogP contribution in [0, 0.1) is 12.8 Å². The van der Waals surface area contributed by atoms with E-state index in [2.05, 4.69) is 17.6 Å². The third-order valence-electron chi connectivity index (χ3n) is 5.22. The molecule has 0 spiro atoms. The van der Waals surface area contributed by atoms with Crippen LogP contribution in [0.5, 0.6) is 0 Å². The summed E-state index contributed by atoms with van der Waals surface area (Å²) in [4.78, 5) is 41.5. The van der Waals surface area contributed by atoms with Crippen molar-refractivity contribution in [3.05, 3.63) is 35.4 Å². The first-order valence-corrected chi connectivity index (χ1v) is 12.4. The van der Waals surface area contributed by atoms with Crippen LogP contribution in [0.25, 0.3) is 0 Å². The minimum absolute atomic E-state index is 0.147. The Labute approximate surface area is 206 Å². The van der Waals surface area contributed by atoms with Gasteiger partial charge in [-0.05, 0) is 65.9 Å². The largest absolute Gasteiger partial charge is 0.444 e. The molecule has 2 unspecified atom stereocenters. The van der Waals surface area contributed by atoms with Gasteiger partial charge in [0.1, 0.15) is 17.7 Å². The highest BCUT2D eigenvalue weighted by Gasteiger charge is 2.37. The molecule has 7 heteroatoms. The van der Waals surface area contributed by atoms with Gasteiger partial charge in [-0.15, -0.1) is 0 Å². The van der Waals surface area contributed by atoms with E-state index in [0.717, 1.165) is 24.0 Å². The quantitative estimate of drug-likeness (QED) is 0.434. The van der Waals surface area contributed by atoms with E-state index in [9.17, 15) is 14.4 Å². The van der Waals surface area contributed by atoms with Gasteiger partial charge in [0.2, 0.25) is 11.8 Å². The predicted molar refractivity (Wildman–Crippen MR) is 136 cm³/mol. The van der Waals surface area contributed by atoms with Crippen LogP contribution < -0.4 is 10.6 Å². The molecule has 7 nitrogen and oxygen atoms in total. The number of hydrogen-bond acceptors (Lipinski definition) is 4. The van der Waals surface area contributed by atoms with Gasteiger partial charge < -0.3 is 20.3 Å². The maximum absolute atomic E-state index is 13.9. The molecule has 0 saturated carbocycles. The number of carbonyl (C=O) groups is 3. The molecule has 0 radical (unpaired) electrons. The molecule has 0 fully saturated rings. The van der Waals surface area contributed by atoms with Crippen LogP contribution in [0.15, 0.2) is 24.3 Å². The van der Waals surface area contributed by atoms with Crippen LogP contribution in [0.4, 0.5) is 4.79 Å². The average molecular weight is 476 g/mol. The topological polar surface area (TPSA) is 87.7 Å². The summed E-state index contributed by atoms with van der Waals surface area (Å²) in [7, 11) is 0. The van der Waals surface area contributed by atoms with Crippen LogP contribution in [0.3, 0.4) is 0 Å². The molecule has 1 aromatic rings. The van der Waals surface area contributed by atoms with Crippen molar-refractivity contribution < 1.29 is 19.1 Å². The number of hydrogen-bond donors (Lipinski definition) is 2. The van der Waals surface area contributed by atoms with Crippen LogP contribution in [0.1, 0.15) is 91.8 Å². The summed E-state index contributed by atoms with van der Waals surface area (Å²) in [5.41, 5.74) is 1.07. The summed E-state index contributed by atoms with van der Waals surface area (Å²) in [6.07, 6.45) is 1.60. The molecule has 1 rings (SSSR count). The normalized spacial score (nSPS) is 13.4. The molecule has 0 aliphatic carbocycles. The average Bonchev–Trinajstić information content (AvgIpc) is 2.69. The van der Waals surface area contributed by atoms with Gasteiger partial charge in [0.15, 0.2) is 0 Å². The summed E-state index contributed by atoms with van der Waals surface area (Å²) >= 11 is 0. The molecule has 0 aromatic heterocycles. The van der Waals surface area contributed by atoms with E-state index in [1.807, 2.05) is 58.9 Å². The maximum atomic E-state index is 13.9. The fraction of sp³-hybridized carbons (Fsp3) is 0.667. The van der Waals surface area contributed by atoms with E-state index in [0.29, 0.717) is 13.0 Å². The second-order valence-corrected chi connectivity index (χ2v) is 10.6. The lowest BCUT2D eigenvalue weighted by Crippen LogP contribution is -2.55. The molecule has 0 aliphatic rings. The van der Waals surface area contributed by atoms with Gasteiger partial charge in [0, 0.05) is 12.6 Å². The fourth-order valence-corrected chi connectivity index (χ4v) is 3.77. The van der Waals surface area contributed by atoms with E-state index in [1.54, 1.807) is 25.7 Å². The molecule has 192 valence electrons. The van der Waals surface area contributed by atoms with Crippen molar-refractivity contribution in [2.75, 3.05) is 6.54 Å². The standard InChI is InChI=1S/C27H45N3O4/c1-10-11-15-28-24(31)23(21-14-12-13-20(6)17-21)30(19(4)5)25(32)22(16-18(2)3)29-26(33)34-27(7,8)9/h12-14,17-19,22-23H,10-11,15-16H2,1-9H3,(H,28,31)(H,29,33). The molecule has 3 amide bonds. The van der Waals surface area contributed by atoms with Crippen molar-refractivity contribution in [1.82, 2.24) is 15.5 Å². The number of nitrogens with one attached hydrogen (secondary N) is 2. The molecular formula is C27H45N3O4. The first-order chi connectivity index (χ1) is 15.8. The molecule has 0 aliphatic heterocycles. The van der Waals surface area contributed by atoms with Crippen molar-refractivity contribution in [3.8, 4) is 0 Å². The zero-order chi connectivity index (χ0) is 26.1. The second-order valence-electron chi connectivity index (χ2n) is 10.6. The number of ether oxygens (including phenoxy) is 1. The van der Waals surface area contributed by atoms with E-state index >= 15 is 0 Å². The van der Waals surface area contributed by atoms with Crippen molar-refractivity contribution in [1.29, 1.82) is 0 Å². The first-order valence-electron chi connectivity index (χ1n) is 12.4. The van der Waals surface area contributed by atoms with Gasteiger partial charge in [-0.1, -0.05) is 57.0 Å². The smallest absolute Gasteiger partial charge is 0.408 e. The fourth-order valence-electron chi connectivity index (χ4n) is 3.77. The van der Waals surface area contributed by atoms with Gasteiger partial charge in [-0.3, -0.25) is 9.59 Å². The molecule has 0 saturated heterocycles. The van der Waals surface area contributed by atoms with Gasteiger partial charge in [-0.25, -0.2) is 4.79 Å². The molecule has 2 N–H and O–H groups in total. The number of aryl methyl sites for hydroxylation is 1. The summed E-state index contributed by atoms with van der Waals surface area (Å²) in [5, 5.41) is 5.76. The van der Waals surface area contributed by atoms with E-state index in [1.165, 1.54) is 0 Å². The van der Waals surface area contributed by atoms with E-state index in [-0.39, 0.29) is 23.8 Å². The van der Waals surface area contributed by atoms with Crippen LogP contribution in [0.2, 0.25) is 0 Å². The molecule has 0 heterocycles. The number of alkyl carbamates (subject to hydrolysis) is 1. The monoisotopic (exact) mass is 475 g/mol. The third-order valence-corrected chi connectivity index (χ3v) is 5.22. The molecule has 2 atom stereocenters. The summed E-state index contributed by atoms with van der Waals surface area (Å²) < 4.78 is 5.41.